The van der Waals surface area contributed by atoms with Gasteiger partial charge in [0.25, 0.3) is 0 Å². The molecule has 0 aliphatic rings. The maximum absolute atomic E-state index is 12.3. The number of ether oxygens (including phenoxy) is 3. The summed E-state index contributed by atoms with van der Waals surface area (Å²) in [6.07, 6.45) is 30.0. The molecule has 0 aromatic heterocycles. The molecule has 0 amide bonds. The molecule has 0 saturated heterocycles. The molecule has 6 heteroatoms. The molecule has 6 nitrogen and oxygen atoms in total. The molecule has 0 N–H and O–H groups in total. The van der Waals surface area contributed by atoms with Gasteiger partial charge in [-0.2, -0.15) is 0 Å². The summed E-state index contributed by atoms with van der Waals surface area (Å²) in [5.41, 5.74) is 0. The van der Waals surface area contributed by atoms with E-state index < -0.39 is 6.10 Å². The van der Waals surface area contributed by atoms with Gasteiger partial charge in [0, 0.05) is 19.3 Å². The smallest absolute Gasteiger partial charge is 0.306 e. The zero-order chi connectivity index (χ0) is 31.6. The highest BCUT2D eigenvalue weighted by atomic mass is 16.6. The second kappa shape index (κ2) is 33.3. The monoisotopic (exact) mass is 611 g/mol. The minimum absolute atomic E-state index is 0.0674. The van der Waals surface area contributed by atoms with E-state index in [1.165, 1.54) is 103 Å². The van der Waals surface area contributed by atoms with E-state index in [0.717, 1.165) is 57.8 Å². The molecular formula is C37H70O6. The fraction of sp³-hybridized carbons (Fsp3) is 0.919. The van der Waals surface area contributed by atoms with E-state index >= 15 is 0 Å². The van der Waals surface area contributed by atoms with E-state index in [0.29, 0.717) is 19.3 Å². The van der Waals surface area contributed by atoms with Gasteiger partial charge in [0.2, 0.25) is 0 Å². The minimum Gasteiger partial charge on any atom is -0.462 e. The highest BCUT2D eigenvalue weighted by Crippen LogP contribution is 2.14. The van der Waals surface area contributed by atoms with Crippen LogP contribution >= 0.6 is 0 Å². The van der Waals surface area contributed by atoms with Crippen molar-refractivity contribution in [2.24, 2.45) is 0 Å². The van der Waals surface area contributed by atoms with Crippen molar-refractivity contribution in [3.8, 4) is 0 Å². The molecule has 254 valence electrons. The Balaban J connectivity index is 4.12. The number of hydrogen-bond donors (Lipinski definition) is 0. The lowest BCUT2D eigenvalue weighted by atomic mass is 10.1. The Morgan fingerprint density at radius 1 is 0.372 bits per heavy atom. The average Bonchev–Trinajstić information content (AvgIpc) is 3.00. The molecule has 0 aromatic rings. The lowest BCUT2D eigenvalue weighted by Crippen LogP contribution is -2.30. The average molecular weight is 611 g/mol. The van der Waals surface area contributed by atoms with Crippen LogP contribution in [0.25, 0.3) is 0 Å². The summed E-state index contributed by atoms with van der Waals surface area (Å²) in [6, 6.07) is 0. The Hall–Kier alpha value is -1.59. The first kappa shape index (κ1) is 41.4. The van der Waals surface area contributed by atoms with Crippen LogP contribution in [0.4, 0.5) is 0 Å². The quantitative estimate of drug-likeness (QED) is 0.0418. The first-order valence-electron chi connectivity index (χ1n) is 18.5. The second-order valence-electron chi connectivity index (χ2n) is 12.5. The van der Waals surface area contributed by atoms with Crippen molar-refractivity contribution in [1.29, 1.82) is 0 Å². The molecule has 0 heterocycles. The Morgan fingerprint density at radius 3 is 0.977 bits per heavy atom. The van der Waals surface area contributed by atoms with Crippen LogP contribution in [0, 0.1) is 0 Å². The Bertz CT molecular complexity index is 593. The van der Waals surface area contributed by atoms with Crippen molar-refractivity contribution in [2.45, 2.75) is 207 Å². The zero-order valence-corrected chi connectivity index (χ0v) is 28.7. The topological polar surface area (TPSA) is 78.9 Å². The van der Waals surface area contributed by atoms with Crippen LogP contribution in [0.2, 0.25) is 0 Å². The normalized spacial score (nSPS) is 11.2. The van der Waals surface area contributed by atoms with Gasteiger partial charge in [-0.1, -0.05) is 162 Å². The molecule has 0 aliphatic heterocycles. The van der Waals surface area contributed by atoms with Crippen LogP contribution in [0.5, 0.6) is 0 Å². The SMILES string of the molecule is CCCCCCCCCCCCCC(=O)OCC(COC(=O)CCCCCCCCCCCCC)OC(=O)CCCCC. The molecule has 0 atom stereocenters. The summed E-state index contributed by atoms with van der Waals surface area (Å²) >= 11 is 0. The van der Waals surface area contributed by atoms with Crippen LogP contribution in [-0.2, 0) is 28.6 Å². The molecule has 0 fully saturated rings. The number of carbonyl (C=O) groups excluding carboxylic acids is 3. The minimum atomic E-state index is -0.753. The molecule has 0 aromatic carbocycles. The van der Waals surface area contributed by atoms with Gasteiger partial charge in [-0.05, 0) is 19.3 Å². The predicted octanol–water partition coefficient (Wildman–Crippen LogP) is 11.0. The van der Waals surface area contributed by atoms with Crippen LogP contribution in [-0.4, -0.2) is 37.2 Å². The summed E-state index contributed by atoms with van der Waals surface area (Å²) in [7, 11) is 0. The maximum Gasteiger partial charge on any atom is 0.306 e. The first-order chi connectivity index (χ1) is 21.0. The van der Waals surface area contributed by atoms with Gasteiger partial charge in [0.15, 0.2) is 6.10 Å². The second-order valence-corrected chi connectivity index (χ2v) is 12.5. The number of esters is 3. The van der Waals surface area contributed by atoms with Crippen molar-refractivity contribution >= 4 is 17.9 Å². The van der Waals surface area contributed by atoms with Gasteiger partial charge in [-0.25, -0.2) is 0 Å². The highest BCUT2D eigenvalue weighted by Gasteiger charge is 2.19. The molecular weight excluding hydrogens is 540 g/mol. The Kier molecular flexibility index (Phi) is 32.1. The predicted molar refractivity (Wildman–Crippen MR) is 178 cm³/mol. The first-order valence-corrected chi connectivity index (χ1v) is 18.5. The van der Waals surface area contributed by atoms with Crippen LogP contribution in [0.3, 0.4) is 0 Å². The van der Waals surface area contributed by atoms with Crippen molar-refractivity contribution in [3.63, 3.8) is 0 Å². The summed E-state index contributed by atoms with van der Waals surface area (Å²) in [5, 5.41) is 0. The summed E-state index contributed by atoms with van der Waals surface area (Å²) < 4.78 is 16.4. The number of rotatable bonds is 33. The van der Waals surface area contributed by atoms with Crippen molar-refractivity contribution < 1.29 is 28.6 Å². The van der Waals surface area contributed by atoms with E-state index in [9.17, 15) is 14.4 Å². The van der Waals surface area contributed by atoms with Gasteiger partial charge in [0.05, 0.1) is 0 Å². The van der Waals surface area contributed by atoms with E-state index in [1.807, 2.05) is 0 Å². The van der Waals surface area contributed by atoms with Crippen molar-refractivity contribution in [3.05, 3.63) is 0 Å². The molecule has 0 unspecified atom stereocenters. The Labute approximate surface area is 266 Å². The third-order valence-electron chi connectivity index (χ3n) is 8.11. The van der Waals surface area contributed by atoms with Gasteiger partial charge in [0.1, 0.15) is 13.2 Å². The largest absolute Gasteiger partial charge is 0.462 e. The molecule has 0 aliphatic carbocycles. The molecule has 0 rings (SSSR count). The van der Waals surface area contributed by atoms with Gasteiger partial charge >= 0.3 is 17.9 Å². The zero-order valence-electron chi connectivity index (χ0n) is 28.7. The number of unbranched alkanes of at least 4 members (excludes halogenated alkanes) is 22. The molecule has 43 heavy (non-hydrogen) atoms. The third-order valence-corrected chi connectivity index (χ3v) is 8.11. The molecule has 0 bridgehead atoms. The number of carbonyl (C=O) groups is 3. The molecule has 0 spiro atoms. The van der Waals surface area contributed by atoms with Crippen LogP contribution in [0.15, 0.2) is 0 Å². The fourth-order valence-electron chi connectivity index (χ4n) is 5.26. The van der Waals surface area contributed by atoms with E-state index in [2.05, 4.69) is 20.8 Å². The maximum atomic E-state index is 12.3. The van der Waals surface area contributed by atoms with Crippen LogP contribution < -0.4 is 0 Å². The summed E-state index contributed by atoms with van der Waals surface area (Å²) in [5.74, 6) is -0.897. The summed E-state index contributed by atoms with van der Waals surface area (Å²) in [6.45, 7) is 6.44. The van der Waals surface area contributed by atoms with Crippen molar-refractivity contribution in [1.82, 2.24) is 0 Å². The standard InChI is InChI=1S/C37H70O6/c1-4-7-10-12-14-16-18-20-22-24-27-29-35(38)41-32-34(43-37(40)31-26-9-6-3)33-42-36(39)30-28-25-23-21-19-17-15-13-11-8-5-2/h34H,4-33H2,1-3H3. The fourth-order valence-corrected chi connectivity index (χ4v) is 5.26. The third kappa shape index (κ3) is 31.6. The lowest BCUT2D eigenvalue weighted by molar-refractivity contribution is -0.167. The van der Waals surface area contributed by atoms with E-state index in [4.69, 9.17) is 14.2 Å². The highest BCUT2D eigenvalue weighted by molar-refractivity contribution is 5.71. The van der Waals surface area contributed by atoms with E-state index in [1.54, 1.807) is 0 Å². The lowest BCUT2D eigenvalue weighted by Gasteiger charge is -2.18. The van der Waals surface area contributed by atoms with Crippen LogP contribution in [0.1, 0.15) is 201 Å². The summed E-state index contributed by atoms with van der Waals surface area (Å²) in [4.78, 5) is 36.9. The number of hydrogen-bond acceptors (Lipinski definition) is 6. The Morgan fingerprint density at radius 2 is 0.628 bits per heavy atom. The van der Waals surface area contributed by atoms with E-state index in [-0.39, 0.29) is 31.1 Å². The van der Waals surface area contributed by atoms with Gasteiger partial charge in [-0.15, -0.1) is 0 Å². The van der Waals surface area contributed by atoms with Crippen molar-refractivity contribution in [2.75, 3.05) is 13.2 Å². The molecule has 0 radical (unpaired) electrons. The van der Waals surface area contributed by atoms with Gasteiger partial charge < -0.3 is 14.2 Å². The van der Waals surface area contributed by atoms with Gasteiger partial charge in [-0.3, -0.25) is 14.4 Å². The molecule has 0 saturated carbocycles.